The summed E-state index contributed by atoms with van der Waals surface area (Å²) in [6, 6.07) is 10.9. The summed E-state index contributed by atoms with van der Waals surface area (Å²) in [6.45, 7) is 1.83. The van der Waals surface area contributed by atoms with Gasteiger partial charge < -0.3 is 9.84 Å². The number of nitrogens with zero attached hydrogens (tertiary/aromatic N) is 1. The van der Waals surface area contributed by atoms with Crippen molar-refractivity contribution in [1.82, 2.24) is 0 Å². The van der Waals surface area contributed by atoms with E-state index in [9.17, 15) is 14.9 Å². The van der Waals surface area contributed by atoms with Crippen molar-refractivity contribution in [2.75, 3.05) is 0 Å². The first kappa shape index (κ1) is 14.5. The highest BCUT2D eigenvalue weighted by atomic mass is 16.6. The molecule has 0 aromatic heterocycles. The molecule has 0 radical (unpaired) electrons. The fourth-order valence-electron chi connectivity index (χ4n) is 1.88. The Balaban J connectivity index is 2.10. The van der Waals surface area contributed by atoms with Crippen molar-refractivity contribution in [3.05, 3.63) is 69.3 Å². The van der Waals surface area contributed by atoms with Crippen LogP contribution >= 0.6 is 0 Å². The fourth-order valence-corrected chi connectivity index (χ4v) is 1.88. The Morgan fingerprint density at radius 2 is 2.05 bits per heavy atom. The maximum Gasteiger partial charge on any atom is 0.335 e. The van der Waals surface area contributed by atoms with Crippen LogP contribution in [-0.4, -0.2) is 16.0 Å². The van der Waals surface area contributed by atoms with E-state index in [1.165, 1.54) is 24.3 Å². The predicted molar refractivity (Wildman–Crippen MR) is 75.6 cm³/mol. The molecule has 0 aliphatic carbocycles. The maximum atomic E-state index is 10.9. The minimum Gasteiger partial charge on any atom is -0.489 e. The Bertz CT molecular complexity index is 696. The normalized spacial score (nSPS) is 10.1. The Kier molecular flexibility index (Phi) is 4.18. The van der Waals surface area contributed by atoms with Gasteiger partial charge >= 0.3 is 5.97 Å². The summed E-state index contributed by atoms with van der Waals surface area (Å²) in [4.78, 5) is 21.1. The van der Waals surface area contributed by atoms with Gasteiger partial charge in [-0.1, -0.05) is 12.1 Å². The van der Waals surface area contributed by atoms with Gasteiger partial charge in [0.05, 0.1) is 10.5 Å². The van der Waals surface area contributed by atoms with Crippen LogP contribution in [0.3, 0.4) is 0 Å². The summed E-state index contributed by atoms with van der Waals surface area (Å²) in [5, 5.41) is 19.6. The number of carbonyl (C=O) groups is 1. The molecular weight excluding hydrogens is 274 g/mol. The molecular formula is C15H13NO5. The van der Waals surface area contributed by atoms with Crippen molar-refractivity contribution in [2.45, 2.75) is 13.5 Å². The number of aromatic carboxylic acids is 1. The lowest BCUT2D eigenvalue weighted by Crippen LogP contribution is -2.00. The first-order valence-corrected chi connectivity index (χ1v) is 6.17. The number of rotatable bonds is 5. The van der Waals surface area contributed by atoms with E-state index in [2.05, 4.69) is 0 Å². The molecule has 6 heteroatoms. The summed E-state index contributed by atoms with van der Waals surface area (Å²) in [7, 11) is 0. The molecule has 0 amide bonds. The van der Waals surface area contributed by atoms with Crippen LogP contribution in [0.2, 0.25) is 0 Å². The Morgan fingerprint density at radius 1 is 1.29 bits per heavy atom. The zero-order valence-electron chi connectivity index (χ0n) is 11.3. The van der Waals surface area contributed by atoms with Gasteiger partial charge in [-0.2, -0.15) is 0 Å². The molecule has 0 aliphatic rings. The topological polar surface area (TPSA) is 89.7 Å². The zero-order valence-corrected chi connectivity index (χ0v) is 11.3. The molecule has 0 atom stereocenters. The minimum atomic E-state index is -0.997. The van der Waals surface area contributed by atoms with E-state index in [-0.39, 0.29) is 17.9 Å². The van der Waals surface area contributed by atoms with Gasteiger partial charge in [0.15, 0.2) is 0 Å². The summed E-state index contributed by atoms with van der Waals surface area (Å²) in [6.07, 6.45) is 0. The molecule has 0 saturated carbocycles. The molecule has 108 valence electrons. The lowest BCUT2D eigenvalue weighted by molar-refractivity contribution is -0.385. The van der Waals surface area contributed by atoms with Gasteiger partial charge in [-0.05, 0) is 36.8 Å². The number of hydrogen-bond donors (Lipinski definition) is 1. The second kappa shape index (κ2) is 6.04. The second-order valence-corrected chi connectivity index (χ2v) is 4.50. The summed E-state index contributed by atoms with van der Waals surface area (Å²) in [5.74, 6) is -0.498. The van der Waals surface area contributed by atoms with Crippen molar-refractivity contribution in [1.29, 1.82) is 0 Å². The van der Waals surface area contributed by atoms with Crippen molar-refractivity contribution in [3.8, 4) is 5.75 Å². The first-order chi connectivity index (χ1) is 9.97. The molecule has 0 spiro atoms. The van der Waals surface area contributed by atoms with Crippen LogP contribution in [-0.2, 0) is 6.61 Å². The van der Waals surface area contributed by atoms with Gasteiger partial charge in [0.25, 0.3) is 5.69 Å². The maximum absolute atomic E-state index is 10.9. The van der Waals surface area contributed by atoms with Crippen molar-refractivity contribution < 1.29 is 19.6 Å². The molecule has 0 unspecified atom stereocenters. The summed E-state index contributed by atoms with van der Waals surface area (Å²) < 4.78 is 5.53. The number of carboxylic acid groups (broad SMARTS) is 1. The third-order valence-corrected chi connectivity index (χ3v) is 2.94. The third kappa shape index (κ3) is 3.56. The number of benzene rings is 2. The molecule has 0 fully saturated rings. The summed E-state index contributed by atoms with van der Waals surface area (Å²) in [5.41, 5.74) is 1.45. The highest BCUT2D eigenvalue weighted by molar-refractivity contribution is 5.87. The van der Waals surface area contributed by atoms with E-state index in [1.54, 1.807) is 25.1 Å². The van der Waals surface area contributed by atoms with Gasteiger partial charge in [0.2, 0.25) is 0 Å². The van der Waals surface area contributed by atoms with Crippen LogP contribution in [0.4, 0.5) is 5.69 Å². The minimum absolute atomic E-state index is 0.0372. The van der Waals surface area contributed by atoms with Crippen LogP contribution in [0.1, 0.15) is 21.5 Å². The van der Waals surface area contributed by atoms with Gasteiger partial charge in [0, 0.05) is 11.6 Å². The average Bonchev–Trinajstić information content (AvgIpc) is 2.45. The number of ether oxygens (including phenoxy) is 1. The third-order valence-electron chi connectivity index (χ3n) is 2.94. The van der Waals surface area contributed by atoms with Crippen molar-refractivity contribution in [3.63, 3.8) is 0 Å². The van der Waals surface area contributed by atoms with Gasteiger partial charge in [-0.25, -0.2) is 4.79 Å². The number of nitro groups is 1. The van der Waals surface area contributed by atoms with Crippen LogP contribution in [0.5, 0.6) is 5.75 Å². The molecule has 2 aromatic carbocycles. The van der Waals surface area contributed by atoms with Gasteiger partial charge in [-0.3, -0.25) is 10.1 Å². The van der Waals surface area contributed by atoms with Crippen LogP contribution in [0.25, 0.3) is 0 Å². The number of carboxylic acids is 1. The van der Waals surface area contributed by atoms with Gasteiger partial charge in [0.1, 0.15) is 12.4 Å². The molecule has 0 saturated heterocycles. The Labute approximate surface area is 120 Å². The Hall–Kier alpha value is -2.89. The standard InChI is InChI=1S/C15H13NO5/c1-10-7-13(5-6-14(10)16(19)20)21-9-11-3-2-4-12(8-11)15(17)18/h2-8H,9H2,1H3,(H,17,18). The van der Waals surface area contributed by atoms with Crippen LogP contribution in [0, 0.1) is 17.0 Å². The number of hydrogen-bond acceptors (Lipinski definition) is 4. The fraction of sp³-hybridized carbons (Fsp3) is 0.133. The summed E-state index contributed by atoms with van der Waals surface area (Å²) >= 11 is 0. The predicted octanol–water partition coefficient (Wildman–Crippen LogP) is 3.18. The number of aryl methyl sites for hydroxylation is 1. The van der Waals surface area contributed by atoms with E-state index in [1.807, 2.05) is 0 Å². The van der Waals surface area contributed by atoms with Crippen molar-refractivity contribution >= 4 is 11.7 Å². The highest BCUT2D eigenvalue weighted by Crippen LogP contribution is 2.23. The molecule has 1 N–H and O–H groups in total. The number of nitro benzene ring substituents is 1. The van der Waals surface area contributed by atoms with E-state index >= 15 is 0 Å². The lowest BCUT2D eigenvalue weighted by atomic mass is 10.1. The molecule has 2 rings (SSSR count). The smallest absolute Gasteiger partial charge is 0.335 e. The second-order valence-electron chi connectivity index (χ2n) is 4.50. The SMILES string of the molecule is Cc1cc(OCc2cccc(C(=O)O)c2)ccc1[N+](=O)[O-]. The average molecular weight is 287 g/mol. The zero-order chi connectivity index (χ0) is 15.4. The molecule has 0 heterocycles. The molecule has 21 heavy (non-hydrogen) atoms. The van der Waals surface area contributed by atoms with E-state index < -0.39 is 10.9 Å². The molecule has 2 aromatic rings. The van der Waals surface area contributed by atoms with Crippen LogP contribution < -0.4 is 4.74 Å². The molecule has 6 nitrogen and oxygen atoms in total. The largest absolute Gasteiger partial charge is 0.489 e. The van der Waals surface area contributed by atoms with E-state index in [0.717, 1.165) is 0 Å². The van der Waals surface area contributed by atoms with Gasteiger partial charge in [-0.15, -0.1) is 0 Å². The van der Waals surface area contributed by atoms with E-state index in [0.29, 0.717) is 16.9 Å². The molecule has 0 bridgehead atoms. The highest BCUT2D eigenvalue weighted by Gasteiger charge is 2.11. The molecule has 0 aliphatic heterocycles. The Morgan fingerprint density at radius 3 is 2.67 bits per heavy atom. The van der Waals surface area contributed by atoms with Crippen LogP contribution in [0.15, 0.2) is 42.5 Å². The monoisotopic (exact) mass is 287 g/mol. The van der Waals surface area contributed by atoms with Crippen molar-refractivity contribution in [2.24, 2.45) is 0 Å². The first-order valence-electron chi connectivity index (χ1n) is 6.17. The quantitative estimate of drug-likeness (QED) is 0.673. The van der Waals surface area contributed by atoms with E-state index in [4.69, 9.17) is 9.84 Å². The lowest BCUT2D eigenvalue weighted by Gasteiger charge is -2.08.